The maximum atomic E-state index is 5.32. The molecule has 0 saturated heterocycles. The fourth-order valence-corrected chi connectivity index (χ4v) is 4.03. The predicted octanol–water partition coefficient (Wildman–Crippen LogP) is 3.77. The summed E-state index contributed by atoms with van der Waals surface area (Å²) in [5.41, 5.74) is 1.37. The molecule has 0 aliphatic rings. The second-order valence-corrected chi connectivity index (χ2v) is 7.54. The van der Waals surface area contributed by atoms with Gasteiger partial charge in [-0.1, -0.05) is 30.3 Å². The lowest BCUT2D eigenvalue weighted by molar-refractivity contribution is 0.396. The van der Waals surface area contributed by atoms with Gasteiger partial charge in [0.2, 0.25) is 11.8 Å². The Balaban J connectivity index is 2.19. The van der Waals surface area contributed by atoms with E-state index in [1.807, 2.05) is 13.0 Å². The topological polar surface area (TPSA) is 9.23 Å². The van der Waals surface area contributed by atoms with Crippen LogP contribution in [0.1, 0.15) is 12.5 Å². The van der Waals surface area contributed by atoms with Crippen LogP contribution in [0, 0.1) is 0 Å². The number of benzene rings is 1. The van der Waals surface area contributed by atoms with Crippen molar-refractivity contribution in [1.29, 1.82) is 0 Å². The van der Waals surface area contributed by atoms with Gasteiger partial charge in [-0.3, -0.25) is 0 Å². The molecule has 1 rings (SSSR count). The lowest BCUT2D eigenvalue weighted by Crippen LogP contribution is -1.86. The molecule has 4 heteroatoms. The summed E-state index contributed by atoms with van der Waals surface area (Å²) in [6, 6.07) is 10.5. The van der Waals surface area contributed by atoms with Crippen molar-refractivity contribution < 1.29 is 4.52 Å². The van der Waals surface area contributed by atoms with Crippen molar-refractivity contribution in [2.24, 2.45) is 0 Å². The summed E-state index contributed by atoms with van der Waals surface area (Å²) in [6.07, 6.45) is 0.401. The van der Waals surface area contributed by atoms with Crippen LogP contribution in [0.5, 0.6) is 0 Å². The molecular formula is C10H14OPS2+. The molecule has 1 atom stereocenters. The minimum atomic E-state index is -0.677. The Kier molecular flexibility index (Phi) is 6.37. The Hall–Kier alpha value is 0.0500. The third kappa shape index (κ3) is 5.06. The van der Waals surface area contributed by atoms with E-state index in [-0.39, 0.29) is 0 Å². The first-order valence-electron chi connectivity index (χ1n) is 4.60. The van der Waals surface area contributed by atoms with Crippen LogP contribution in [0.25, 0.3) is 0 Å². The molecule has 1 unspecified atom stereocenters. The molecule has 0 spiro atoms. The Morgan fingerprint density at radius 2 is 2.07 bits per heavy atom. The van der Waals surface area contributed by atoms with Crippen molar-refractivity contribution in [3.63, 3.8) is 0 Å². The highest BCUT2D eigenvalue weighted by Gasteiger charge is 2.11. The van der Waals surface area contributed by atoms with Crippen molar-refractivity contribution >= 4 is 29.3 Å². The van der Waals surface area contributed by atoms with E-state index >= 15 is 0 Å². The second-order valence-electron chi connectivity index (χ2n) is 2.71. The smallest absolute Gasteiger partial charge is 0.159 e. The van der Waals surface area contributed by atoms with Gasteiger partial charge in [-0.2, -0.15) is 4.52 Å². The normalized spacial score (nSPS) is 11.4. The van der Waals surface area contributed by atoms with Gasteiger partial charge >= 0.3 is 6.13 Å². The molecule has 0 saturated carbocycles. The molecule has 0 aliphatic heterocycles. The average Bonchev–Trinajstić information content (AvgIpc) is 2.20. The van der Waals surface area contributed by atoms with Crippen molar-refractivity contribution in [3.8, 4) is 0 Å². The van der Waals surface area contributed by atoms with Gasteiger partial charge in [-0.05, 0) is 18.9 Å². The molecule has 1 aromatic rings. The standard InChI is InChI=1S/C10H14OPS2/c1-2-11-12(13)14-9-8-10-6-4-3-5-7-10/h3-7H,2,8-9H2,1H3/q+1. The minimum Gasteiger partial charge on any atom is -0.159 e. The summed E-state index contributed by atoms with van der Waals surface area (Å²) in [6.45, 7) is 2.72. The summed E-state index contributed by atoms with van der Waals surface area (Å²) in [7, 11) is 0. The van der Waals surface area contributed by atoms with Gasteiger partial charge in [-0.25, -0.2) is 0 Å². The summed E-state index contributed by atoms with van der Waals surface area (Å²) in [5.74, 6) is 1.05. The first-order chi connectivity index (χ1) is 6.83. The summed E-state index contributed by atoms with van der Waals surface area (Å²) >= 11 is 6.91. The van der Waals surface area contributed by atoms with Crippen LogP contribution < -0.4 is 0 Å². The van der Waals surface area contributed by atoms with Crippen LogP contribution in [-0.4, -0.2) is 12.4 Å². The van der Waals surface area contributed by atoms with Crippen molar-refractivity contribution in [2.75, 3.05) is 12.4 Å². The first kappa shape index (κ1) is 12.1. The van der Waals surface area contributed by atoms with Gasteiger partial charge in [0.15, 0.2) is 0 Å². The van der Waals surface area contributed by atoms with Crippen LogP contribution in [0.4, 0.5) is 0 Å². The van der Waals surface area contributed by atoms with Crippen LogP contribution in [0.15, 0.2) is 30.3 Å². The zero-order chi connectivity index (χ0) is 10.2. The van der Waals surface area contributed by atoms with E-state index in [0.717, 1.165) is 18.8 Å². The molecule has 1 aromatic carbocycles. The van der Waals surface area contributed by atoms with E-state index in [2.05, 4.69) is 24.3 Å². The molecule has 1 nitrogen and oxygen atoms in total. The van der Waals surface area contributed by atoms with Gasteiger partial charge in [0.05, 0.1) is 6.61 Å². The Morgan fingerprint density at radius 1 is 1.36 bits per heavy atom. The first-order valence-corrected chi connectivity index (χ1v) is 8.46. The monoisotopic (exact) mass is 245 g/mol. The van der Waals surface area contributed by atoms with Gasteiger partial charge < -0.3 is 0 Å². The van der Waals surface area contributed by atoms with Crippen LogP contribution >= 0.6 is 17.5 Å². The number of hydrogen-bond donors (Lipinski definition) is 0. The molecular weight excluding hydrogens is 231 g/mol. The maximum Gasteiger partial charge on any atom is 0.414 e. The van der Waals surface area contributed by atoms with Gasteiger partial charge in [-0.15, -0.1) is 0 Å². The Bertz CT molecular complexity index is 277. The molecule has 76 valence electrons. The molecule has 0 aromatic heterocycles. The van der Waals surface area contributed by atoms with Gasteiger partial charge in [0, 0.05) is 5.75 Å². The van der Waals surface area contributed by atoms with Crippen LogP contribution in [0.3, 0.4) is 0 Å². The largest absolute Gasteiger partial charge is 0.414 e. The fourth-order valence-electron chi connectivity index (χ4n) is 1.03. The maximum absolute atomic E-state index is 5.32. The molecule has 0 radical (unpaired) electrons. The van der Waals surface area contributed by atoms with E-state index in [1.165, 1.54) is 5.56 Å². The highest BCUT2D eigenvalue weighted by Crippen LogP contribution is 2.39. The molecule has 14 heavy (non-hydrogen) atoms. The fraction of sp³-hybridized carbons (Fsp3) is 0.400. The lowest BCUT2D eigenvalue weighted by atomic mass is 10.2. The zero-order valence-electron chi connectivity index (χ0n) is 8.18. The van der Waals surface area contributed by atoms with E-state index in [1.54, 1.807) is 11.4 Å². The highest BCUT2D eigenvalue weighted by atomic mass is 32.9. The van der Waals surface area contributed by atoms with Crippen LogP contribution in [-0.2, 0) is 22.8 Å². The lowest BCUT2D eigenvalue weighted by Gasteiger charge is -1.95. The molecule has 0 bridgehead atoms. The molecule has 0 amide bonds. The van der Waals surface area contributed by atoms with E-state index in [9.17, 15) is 0 Å². The Labute approximate surface area is 95.5 Å². The number of hydrogen-bond acceptors (Lipinski definition) is 3. The minimum absolute atomic E-state index is 0.677. The predicted molar refractivity (Wildman–Crippen MR) is 68.5 cm³/mol. The third-order valence-corrected chi connectivity index (χ3v) is 5.49. The zero-order valence-corrected chi connectivity index (χ0v) is 10.7. The van der Waals surface area contributed by atoms with E-state index in [0.29, 0.717) is 0 Å². The van der Waals surface area contributed by atoms with Crippen LogP contribution in [0.2, 0.25) is 0 Å². The van der Waals surface area contributed by atoms with Crippen molar-refractivity contribution in [2.45, 2.75) is 13.3 Å². The summed E-state index contributed by atoms with van der Waals surface area (Å²) in [5, 5.41) is 0. The van der Waals surface area contributed by atoms with Gasteiger partial charge in [0.25, 0.3) is 0 Å². The van der Waals surface area contributed by atoms with E-state index in [4.69, 9.17) is 16.3 Å². The highest BCUT2D eigenvalue weighted by molar-refractivity contribution is 8.62. The molecule has 0 aliphatic carbocycles. The number of aryl methyl sites for hydroxylation is 1. The average molecular weight is 245 g/mol. The molecule has 0 fully saturated rings. The van der Waals surface area contributed by atoms with Crippen molar-refractivity contribution in [3.05, 3.63) is 35.9 Å². The molecule has 0 heterocycles. The number of rotatable bonds is 6. The summed E-state index contributed by atoms with van der Waals surface area (Å²) < 4.78 is 5.32. The second kappa shape index (κ2) is 7.36. The quantitative estimate of drug-likeness (QED) is 0.706. The molecule has 0 N–H and O–H groups in total. The van der Waals surface area contributed by atoms with Gasteiger partial charge in [0.1, 0.15) is 11.4 Å². The Morgan fingerprint density at radius 3 is 2.71 bits per heavy atom. The van der Waals surface area contributed by atoms with Crippen molar-refractivity contribution in [1.82, 2.24) is 0 Å². The summed E-state index contributed by atoms with van der Waals surface area (Å²) in [4.78, 5) is 0. The SMILES string of the molecule is CCO[P+](=S)SCCc1ccccc1. The third-order valence-electron chi connectivity index (χ3n) is 1.66. The van der Waals surface area contributed by atoms with E-state index < -0.39 is 6.13 Å².